The molecule has 0 saturated carbocycles. The van der Waals surface area contributed by atoms with Crippen LogP contribution in [0.15, 0.2) is 33.8 Å². The summed E-state index contributed by atoms with van der Waals surface area (Å²) in [6.45, 7) is 4.17. The molecule has 1 aromatic carbocycles. The second-order valence-electron chi connectivity index (χ2n) is 7.05. The second-order valence-corrected chi connectivity index (χ2v) is 8.92. The van der Waals surface area contributed by atoms with Crippen LogP contribution in [0.3, 0.4) is 0 Å². The first-order chi connectivity index (χ1) is 12.5. The monoisotopic (exact) mass is 378 g/mol. The molecule has 5 nitrogen and oxygen atoms in total. The molecule has 1 fully saturated rings. The lowest BCUT2D eigenvalue weighted by molar-refractivity contribution is 0.386. The van der Waals surface area contributed by atoms with Gasteiger partial charge in [-0.3, -0.25) is 0 Å². The summed E-state index contributed by atoms with van der Waals surface area (Å²) < 4.78 is 46.7. The quantitative estimate of drug-likeness (QED) is 0.818. The summed E-state index contributed by atoms with van der Waals surface area (Å²) in [7, 11) is -3.56. The van der Waals surface area contributed by atoms with Gasteiger partial charge in [0.25, 0.3) is 10.0 Å². The van der Waals surface area contributed by atoms with Crippen molar-refractivity contribution in [2.75, 3.05) is 24.5 Å². The lowest BCUT2D eigenvalue weighted by atomic mass is 9.96. The van der Waals surface area contributed by atoms with E-state index in [4.69, 9.17) is 4.42 Å². The molecule has 1 aromatic heterocycles. The average Bonchev–Trinajstić information content (AvgIpc) is 3.30. The van der Waals surface area contributed by atoms with Crippen molar-refractivity contribution in [3.8, 4) is 0 Å². The molecule has 4 rings (SSSR count). The van der Waals surface area contributed by atoms with Crippen LogP contribution in [0.4, 0.5) is 10.1 Å². The summed E-state index contributed by atoms with van der Waals surface area (Å²) >= 11 is 0. The van der Waals surface area contributed by atoms with Crippen LogP contribution >= 0.6 is 0 Å². The molecule has 0 aliphatic carbocycles. The van der Waals surface area contributed by atoms with Crippen molar-refractivity contribution in [1.82, 2.24) is 4.31 Å². The van der Waals surface area contributed by atoms with Crippen LogP contribution in [0.2, 0.25) is 0 Å². The van der Waals surface area contributed by atoms with Gasteiger partial charge < -0.3 is 9.32 Å². The fourth-order valence-electron chi connectivity index (χ4n) is 3.91. The first kappa shape index (κ1) is 17.5. The number of aryl methyl sites for hydroxylation is 1. The summed E-state index contributed by atoms with van der Waals surface area (Å²) in [5.74, 6) is 0.304. The van der Waals surface area contributed by atoms with Crippen LogP contribution in [0.5, 0.6) is 0 Å². The lowest BCUT2D eigenvalue weighted by Crippen LogP contribution is -2.30. The number of benzene rings is 1. The van der Waals surface area contributed by atoms with Crippen molar-refractivity contribution in [3.05, 3.63) is 47.0 Å². The molecule has 7 heteroatoms. The third-order valence-electron chi connectivity index (χ3n) is 5.28. The van der Waals surface area contributed by atoms with Gasteiger partial charge in [-0.2, -0.15) is 4.31 Å². The van der Waals surface area contributed by atoms with E-state index in [-0.39, 0.29) is 10.9 Å². The number of anilines is 1. The first-order valence-corrected chi connectivity index (χ1v) is 10.5. The molecule has 0 atom stereocenters. The Kier molecular flexibility index (Phi) is 4.52. The number of halogens is 1. The maximum absolute atomic E-state index is 14.4. The Hall–Kier alpha value is -1.86. The molecular formula is C19H23FN2O3S. The third kappa shape index (κ3) is 3.03. The van der Waals surface area contributed by atoms with Gasteiger partial charge in [0.1, 0.15) is 11.6 Å². The maximum Gasteiger partial charge on any atom is 0.276 e. The Morgan fingerprint density at radius 3 is 2.62 bits per heavy atom. The summed E-state index contributed by atoms with van der Waals surface area (Å²) in [5, 5.41) is -0.0173. The van der Waals surface area contributed by atoms with Crippen LogP contribution in [0.25, 0.3) is 0 Å². The van der Waals surface area contributed by atoms with E-state index in [0.717, 1.165) is 43.4 Å². The van der Waals surface area contributed by atoms with E-state index in [1.165, 1.54) is 16.4 Å². The largest absolute Gasteiger partial charge is 0.446 e. The van der Waals surface area contributed by atoms with Crippen molar-refractivity contribution in [2.24, 2.45) is 0 Å². The van der Waals surface area contributed by atoms with Gasteiger partial charge in [-0.05, 0) is 61.9 Å². The normalized spacial score (nSPS) is 18.3. The summed E-state index contributed by atoms with van der Waals surface area (Å²) in [5.41, 5.74) is 2.74. The van der Waals surface area contributed by atoms with Crippen molar-refractivity contribution in [3.63, 3.8) is 0 Å². The van der Waals surface area contributed by atoms with Gasteiger partial charge >= 0.3 is 0 Å². The molecule has 26 heavy (non-hydrogen) atoms. The van der Waals surface area contributed by atoms with E-state index in [1.54, 1.807) is 6.07 Å². The highest BCUT2D eigenvalue weighted by Crippen LogP contribution is 2.34. The molecule has 140 valence electrons. The van der Waals surface area contributed by atoms with Gasteiger partial charge in [-0.1, -0.05) is 6.07 Å². The minimum atomic E-state index is -3.56. The van der Waals surface area contributed by atoms with Crippen LogP contribution < -0.4 is 4.90 Å². The zero-order chi connectivity index (χ0) is 18.3. The molecule has 1 saturated heterocycles. The van der Waals surface area contributed by atoms with Crippen LogP contribution in [0, 0.1) is 12.7 Å². The highest BCUT2D eigenvalue weighted by Gasteiger charge is 2.30. The number of fused-ring (bicyclic) bond motifs is 1. The molecule has 0 amide bonds. The molecule has 0 radical (unpaired) electrons. The van der Waals surface area contributed by atoms with Crippen molar-refractivity contribution in [2.45, 2.75) is 44.2 Å². The van der Waals surface area contributed by atoms with Crippen LogP contribution in [0.1, 0.15) is 36.1 Å². The fraction of sp³-hybridized carbons (Fsp3) is 0.474. The zero-order valence-electron chi connectivity index (χ0n) is 14.9. The minimum absolute atomic E-state index is 0.0173. The Labute approximate surface area is 153 Å². The Morgan fingerprint density at radius 2 is 1.85 bits per heavy atom. The third-order valence-corrected chi connectivity index (χ3v) is 7.05. The molecule has 0 N–H and O–H groups in total. The maximum atomic E-state index is 14.4. The fourth-order valence-corrected chi connectivity index (χ4v) is 5.35. The standard InChI is InChI=1S/C19H23FN2O3S/c1-14-6-8-17(20)19-16(14)5-4-10-21(19)13-15-7-9-18(25-15)26(23,24)22-11-2-3-12-22/h6-9H,2-5,10-13H2,1H3. The van der Waals surface area contributed by atoms with Crippen LogP contribution in [-0.4, -0.2) is 32.4 Å². The predicted molar refractivity (Wildman–Crippen MR) is 97.2 cm³/mol. The summed E-state index contributed by atoms with van der Waals surface area (Å²) in [4.78, 5) is 1.95. The molecule has 0 bridgehead atoms. The number of furan rings is 1. The average molecular weight is 378 g/mol. The highest BCUT2D eigenvalue weighted by molar-refractivity contribution is 7.89. The number of sulfonamides is 1. The molecule has 2 aliphatic heterocycles. The van der Waals surface area contributed by atoms with Gasteiger partial charge in [0.05, 0.1) is 12.2 Å². The van der Waals surface area contributed by atoms with Crippen molar-refractivity contribution >= 4 is 15.7 Å². The zero-order valence-corrected chi connectivity index (χ0v) is 15.7. The molecule has 2 aromatic rings. The summed E-state index contributed by atoms with van der Waals surface area (Å²) in [6, 6.07) is 6.51. The topological polar surface area (TPSA) is 53.8 Å². The first-order valence-electron chi connectivity index (χ1n) is 9.08. The van der Waals surface area contributed by atoms with E-state index in [9.17, 15) is 12.8 Å². The number of nitrogens with zero attached hydrogens (tertiary/aromatic N) is 2. The highest BCUT2D eigenvalue weighted by atomic mass is 32.2. The van der Waals surface area contributed by atoms with Crippen molar-refractivity contribution < 1.29 is 17.2 Å². The molecule has 0 unspecified atom stereocenters. The Balaban J connectivity index is 1.59. The van der Waals surface area contributed by atoms with Gasteiger partial charge in [-0.25, -0.2) is 12.8 Å². The van der Waals surface area contributed by atoms with Gasteiger partial charge in [0.15, 0.2) is 0 Å². The molecular weight excluding hydrogens is 355 g/mol. The Bertz CT molecular complexity index is 917. The molecule has 2 aliphatic rings. The van der Waals surface area contributed by atoms with Gasteiger partial charge in [0.2, 0.25) is 5.09 Å². The number of hydrogen-bond acceptors (Lipinski definition) is 4. The van der Waals surface area contributed by atoms with E-state index >= 15 is 0 Å². The van der Waals surface area contributed by atoms with E-state index < -0.39 is 10.0 Å². The van der Waals surface area contributed by atoms with E-state index in [0.29, 0.717) is 31.1 Å². The second kappa shape index (κ2) is 6.70. The van der Waals surface area contributed by atoms with Gasteiger partial charge in [-0.15, -0.1) is 0 Å². The minimum Gasteiger partial charge on any atom is -0.446 e. The Morgan fingerprint density at radius 1 is 1.08 bits per heavy atom. The summed E-state index contributed by atoms with van der Waals surface area (Å²) in [6.07, 6.45) is 3.57. The van der Waals surface area contributed by atoms with E-state index in [2.05, 4.69) is 0 Å². The lowest BCUT2D eigenvalue weighted by Gasteiger charge is -2.32. The van der Waals surface area contributed by atoms with Gasteiger partial charge in [0, 0.05) is 19.6 Å². The number of hydrogen-bond donors (Lipinski definition) is 0. The molecule has 0 spiro atoms. The number of rotatable bonds is 4. The van der Waals surface area contributed by atoms with Crippen molar-refractivity contribution in [1.29, 1.82) is 0 Å². The van der Waals surface area contributed by atoms with Crippen LogP contribution in [-0.2, 0) is 23.0 Å². The smallest absolute Gasteiger partial charge is 0.276 e. The SMILES string of the molecule is Cc1ccc(F)c2c1CCCN2Cc1ccc(S(=O)(=O)N2CCCC2)o1. The molecule has 3 heterocycles. The van der Waals surface area contributed by atoms with E-state index in [1.807, 2.05) is 17.9 Å². The predicted octanol–water partition coefficient (Wildman–Crippen LogP) is 3.46.